The van der Waals surface area contributed by atoms with Gasteiger partial charge in [-0.25, -0.2) is 17.2 Å². The molecule has 1 aliphatic heterocycles. The van der Waals surface area contributed by atoms with E-state index in [0.29, 0.717) is 4.88 Å². The van der Waals surface area contributed by atoms with Crippen molar-refractivity contribution in [3.05, 3.63) is 51.7 Å². The molecular weight excluding hydrogens is 422 g/mol. The number of hydrogen-bond donors (Lipinski definition) is 0. The molecule has 1 aromatic heterocycles. The van der Waals surface area contributed by atoms with Crippen LogP contribution in [0.15, 0.2) is 35.2 Å². The summed E-state index contributed by atoms with van der Waals surface area (Å²) in [6, 6.07) is 6.46. The first-order valence-corrected chi connectivity index (χ1v) is 11.3. The molecule has 3 rings (SSSR count). The zero-order chi connectivity index (χ0) is 21.2. The minimum atomic E-state index is -4.34. The predicted molar refractivity (Wildman–Crippen MR) is 104 cm³/mol. The van der Waals surface area contributed by atoms with E-state index in [1.807, 2.05) is 13.0 Å². The molecular formula is C19H20F2N2O4S2. The summed E-state index contributed by atoms with van der Waals surface area (Å²) in [7, 11) is -4.34. The Labute approximate surface area is 171 Å². The summed E-state index contributed by atoms with van der Waals surface area (Å²) in [6.45, 7) is 1.95. The highest BCUT2D eigenvalue weighted by Crippen LogP contribution is 2.24. The molecule has 10 heteroatoms. The highest BCUT2D eigenvalue weighted by atomic mass is 32.2. The van der Waals surface area contributed by atoms with Gasteiger partial charge in [0.15, 0.2) is 10.7 Å². The van der Waals surface area contributed by atoms with Gasteiger partial charge >= 0.3 is 0 Å². The molecule has 0 spiro atoms. The second kappa shape index (κ2) is 8.68. The van der Waals surface area contributed by atoms with Crippen LogP contribution < -0.4 is 0 Å². The van der Waals surface area contributed by atoms with Gasteiger partial charge in [-0.3, -0.25) is 9.59 Å². The minimum absolute atomic E-state index is 0.0322. The van der Waals surface area contributed by atoms with Crippen molar-refractivity contribution in [2.45, 2.75) is 24.7 Å². The zero-order valence-corrected chi connectivity index (χ0v) is 17.4. The van der Waals surface area contributed by atoms with Gasteiger partial charge in [-0.05, 0) is 31.2 Å². The number of hydrogen-bond acceptors (Lipinski definition) is 5. The third-order valence-electron chi connectivity index (χ3n) is 4.69. The number of thiophene rings is 1. The van der Waals surface area contributed by atoms with Crippen LogP contribution in [0.1, 0.15) is 27.4 Å². The Balaban J connectivity index is 1.57. The number of Topliss-reactive ketones (excluding diaryl/α,β-unsaturated/α-hetero) is 1. The Morgan fingerprint density at radius 2 is 1.62 bits per heavy atom. The maximum absolute atomic E-state index is 13.9. The molecule has 1 aromatic carbocycles. The summed E-state index contributed by atoms with van der Waals surface area (Å²) in [6.07, 6.45) is 0.113. The number of sulfonamides is 1. The van der Waals surface area contributed by atoms with E-state index >= 15 is 0 Å². The van der Waals surface area contributed by atoms with Crippen molar-refractivity contribution in [3.8, 4) is 0 Å². The maximum Gasteiger partial charge on any atom is 0.249 e. The van der Waals surface area contributed by atoms with Crippen molar-refractivity contribution in [2.24, 2.45) is 0 Å². The monoisotopic (exact) mass is 442 g/mol. The fourth-order valence-corrected chi connectivity index (χ4v) is 5.49. The average Bonchev–Trinajstić information content (AvgIpc) is 3.12. The first-order chi connectivity index (χ1) is 13.7. The lowest BCUT2D eigenvalue weighted by Crippen LogP contribution is -2.50. The average molecular weight is 443 g/mol. The normalized spacial score (nSPS) is 15.5. The largest absolute Gasteiger partial charge is 0.340 e. The lowest BCUT2D eigenvalue weighted by Gasteiger charge is -2.34. The molecule has 0 aliphatic carbocycles. The van der Waals surface area contributed by atoms with Gasteiger partial charge in [-0.1, -0.05) is 6.07 Å². The van der Waals surface area contributed by atoms with Crippen molar-refractivity contribution in [3.63, 3.8) is 0 Å². The molecule has 0 atom stereocenters. The molecule has 1 amide bonds. The van der Waals surface area contributed by atoms with Crippen LogP contribution in [-0.2, 0) is 14.8 Å². The number of rotatable bonds is 6. The van der Waals surface area contributed by atoms with Crippen LogP contribution in [0.2, 0.25) is 0 Å². The van der Waals surface area contributed by atoms with Gasteiger partial charge in [-0.2, -0.15) is 4.31 Å². The summed E-state index contributed by atoms with van der Waals surface area (Å²) in [4.78, 5) is 26.6. The standard InChI is InChI=1S/C19H20F2N2O4S2/c1-13-5-7-17(28-13)16(24)6-8-18(25)22-9-11-23(12-10-22)29(26,27)19-14(20)3-2-4-15(19)21/h2-5,7H,6,8-12H2,1H3. The fourth-order valence-electron chi connectivity index (χ4n) is 3.12. The van der Waals surface area contributed by atoms with Gasteiger partial charge in [0.05, 0.1) is 4.88 Å². The third-order valence-corrected chi connectivity index (χ3v) is 7.68. The lowest BCUT2D eigenvalue weighted by molar-refractivity contribution is -0.132. The van der Waals surface area contributed by atoms with E-state index in [2.05, 4.69) is 0 Å². The smallest absolute Gasteiger partial charge is 0.249 e. The number of ketones is 1. The molecule has 1 fully saturated rings. The molecule has 0 radical (unpaired) electrons. The minimum Gasteiger partial charge on any atom is -0.340 e. The Morgan fingerprint density at radius 1 is 1.00 bits per heavy atom. The van der Waals surface area contributed by atoms with Crippen LogP contribution >= 0.6 is 11.3 Å². The molecule has 2 heterocycles. The van der Waals surface area contributed by atoms with E-state index in [4.69, 9.17) is 0 Å². The number of piperazine rings is 1. The summed E-state index contributed by atoms with van der Waals surface area (Å²) >= 11 is 1.38. The van der Waals surface area contributed by atoms with Crippen LogP contribution in [0, 0.1) is 18.6 Å². The number of carbonyl (C=O) groups excluding carboxylic acids is 2. The van der Waals surface area contributed by atoms with Gasteiger partial charge in [0.2, 0.25) is 15.9 Å². The van der Waals surface area contributed by atoms with Crippen LogP contribution in [-0.4, -0.2) is 55.5 Å². The number of benzene rings is 1. The fraction of sp³-hybridized carbons (Fsp3) is 0.368. The predicted octanol–water partition coefficient (Wildman–Crippen LogP) is 2.83. The first kappa shape index (κ1) is 21.5. The number of amides is 1. The molecule has 6 nitrogen and oxygen atoms in total. The van der Waals surface area contributed by atoms with Gasteiger partial charge in [0.25, 0.3) is 0 Å². The molecule has 2 aromatic rings. The van der Waals surface area contributed by atoms with E-state index in [1.54, 1.807) is 6.07 Å². The lowest BCUT2D eigenvalue weighted by atomic mass is 10.1. The number of halogens is 2. The molecule has 0 bridgehead atoms. The Kier molecular flexibility index (Phi) is 6.45. The highest BCUT2D eigenvalue weighted by Gasteiger charge is 2.34. The van der Waals surface area contributed by atoms with Crippen LogP contribution in [0.3, 0.4) is 0 Å². The van der Waals surface area contributed by atoms with Crippen LogP contribution in [0.25, 0.3) is 0 Å². The number of nitrogens with zero attached hydrogens (tertiary/aromatic N) is 2. The van der Waals surface area contributed by atoms with Crippen molar-refractivity contribution in [1.29, 1.82) is 0 Å². The molecule has 0 saturated carbocycles. The second-order valence-corrected chi connectivity index (χ2v) is 9.83. The second-order valence-electron chi connectivity index (χ2n) is 6.67. The van der Waals surface area contributed by atoms with E-state index in [1.165, 1.54) is 16.2 Å². The van der Waals surface area contributed by atoms with Crippen LogP contribution in [0.4, 0.5) is 8.78 Å². The van der Waals surface area contributed by atoms with E-state index in [9.17, 15) is 26.8 Å². The van der Waals surface area contributed by atoms with Gasteiger partial charge in [-0.15, -0.1) is 11.3 Å². The maximum atomic E-state index is 13.9. The number of aryl methyl sites for hydroxylation is 1. The molecule has 1 aliphatic rings. The third kappa shape index (κ3) is 4.71. The van der Waals surface area contributed by atoms with Crippen molar-refractivity contribution >= 4 is 33.1 Å². The molecule has 0 N–H and O–H groups in total. The van der Waals surface area contributed by atoms with Crippen molar-refractivity contribution in [2.75, 3.05) is 26.2 Å². The summed E-state index contributed by atoms with van der Waals surface area (Å²) in [5, 5.41) is 0. The molecule has 156 valence electrons. The van der Waals surface area contributed by atoms with Gasteiger partial charge in [0, 0.05) is 43.9 Å². The Bertz CT molecular complexity index is 1010. The Hall–Kier alpha value is -2.17. The van der Waals surface area contributed by atoms with Crippen LogP contribution in [0.5, 0.6) is 0 Å². The van der Waals surface area contributed by atoms with Crippen molar-refractivity contribution < 1.29 is 26.8 Å². The van der Waals surface area contributed by atoms with E-state index in [-0.39, 0.29) is 50.7 Å². The topological polar surface area (TPSA) is 74.8 Å². The molecule has 0 unspecified atom stereocenters. The Morgan fingerprint density at radius 3 is 2.17 bits per heavy atom. The van der Waals surface area contributed by atoms with E-state index in [0.717, 1.165) is 27.4 Å². The summed E-state index contributed by atoms with van der Waals surface area (Å²) in [5.41, 5.74) is 0. The van der Waals surface area contributed by atoms with Crippen molar-refractivity contribution in [1.82, 2.24) is 9.21 Å². The zero-order valence-electron chi connectivity index (χ0n) is 15.7. The SMILES string of the molecule is Cc1ccc(C(=O)CCC(=O)N2CCN(S(=O)(=O)c3c(F)cccc3F)CC2)s1. The number of carbonyl (C=O) groups is 2. The summed E-state index contributed by atoms with van der Waals surface area (Å²) < 4.78 is 53.9. The quantitative estimate of drug-likeness (QED) is 0.645. The first-order valence-electron chi connectivity index (χ1n) is 9.01. The molecule has 1 saturated heterocycles. The summed E-state index contributed by atoms with van der Waals surface area (Å²) in [5.74, 6) is -2.65. The molecule has 29 heavy (non-hydrogen) atoms. The highest BCUT2D eigenvalue weighted by molar-refractivity contribution is 7.89. The van der Waals surface area contributed by atoms with E-state index < -0.39 is 26.6 Å². The van der Waals surface area contributed by atoms with Gasteiger partial charge in [0.1, 0.15) is 11.6 Å². The van der Waals surface area contributed by atoms with Gasteiger partial charge < -0.3 is 4.90 Å².